The summed E-state index contributed by atoms with van der Waals surface area (Å²) in [4.78, 5) is 23.7. The molecule has 2 atom stereocenters. The zero-order valence-electron chi connectivity index (χ0n) is 12.2. The van der Waals surface area contributed by atoms with E-state index < -0.39 is 6.04 Å². The molecule has 1 aliphatic heterocycles. The lowest BCUT2D eigenvalue weighted by atomic mass is 10.1. The number of anilines is 1. The Labute approximate surface area is 133 Å². The molecule has 0 aliphatic carbocycles. The number of rotatable bonds is 6. The van der Waals surface area contributed by atoms with Crippen LogP contribution in [0.4, 0.5) is 5.69 Å². The van der Waals surface area contributed by atoms with E-state index in [9.17, 15) is 9.59 Å². The molecule has 1 aromatic carbocycles. The molecule has 0 fully saturated rings. The van der Waals surface area contributed by atoms with Crippen LogP contribution in [0.2, 0.25) is 0 Å². The number of benzene rings is 1. The Morgan fingerprint density at radius 3 is 2.95 bits per heavy atom. The number of carbonyl (C=O) groups is 2. The van der Waals surface area contributed by atoms with Crippen molar-refractivity contribution < 1.29 is 9.59 Å². The van der Waals surface area contributed by atoms with Crippen molar-refractivity contribution in [1.82, 2.24) is 10.6 Å². The van der Waals surface area contributed by atoms with Gasteiger partial charge < -0.3 is 16.0 Å². The number of nitrogens with one attached hydrogen (secondary N) is 3. The molecule has 1 heterocycles. The number of fused-ring (bicyclic) bond motifs is 1. The molecule has 6 heteroatoms. The standard InChI is InChI=1S/C15H20BrN3O2/c1-3-9(2)18-13(20)6-7-17-14-11-8-10(16)4-5-12(11)19-15(14)21/h4-5,8-9,14,17H,3,6-7H2,1-2H3,(H,18,20)(H,19,21). The zero-order chi connectivity index (χ0) is 15.4. The van der Waals surface area contributed by atoms with Crippen molar-refractivity contribution >= 4 is 33.4 Å². The second kappa shape index (κ2) is 7.04. The van der Waals surface area contributed by atoms with Gasteiger partial charge >= 0.3 is 0 Å². The summed E-state index contributed by atoms with van der Waals surface area (Å²) in [7, 11) is 0. The van der Waals surface area contributed by atoms with Crippen LogP contribution in [0.1, 0.15) is 38.3 Å². The molecular weight excluding hydrogens is 334 g/mol. The summed E-state index contributed by atoms with van der Waals surface area (Å²) in [6.07, 6.45) is 1.27. The van der Waals surface area contributed by atoms with E-state index in [1.165, 1.54) is 0 Å². The first-order chi connectivity index (χ1) is 10.0. The van der Waals surface area contributed by atoms with Crippen LogP contribution in [0.25, 0.3) is 0 Å². The van der Waals surface area contributed by atoms with Gasteiger partial charge in [0.05, 0.1) is 0 Å². The normalized spacial score (nSPS) is 18.0. The van der Waals surface area contributed by atoms with Crippen LogP contribution < -0.4 is 16.0 Å². The second-order valence-corrected chi connectivity index (χ2v) is 6.15. The Hall–Kier alpha value is -1.40. The number of carbonyl (C=O) groups excluding carboxylic acids is 2. The third-order valence-electron chi connectivity index (χ3n) is 3.56. The first-order valence-electron chi connectivity index (χ1n) is 7.14. The summed E-state index contributed by atoms with van der Waals surface area (Å²) >= 11 is 3.41. The number of amides is 2. The van der Waals surface area contributed by atoms with Crippen LogP contribution in [0.3, 0.4) is 0 Å². The highest BCUT2D eigenvalue weighted by atomic mass is 79.9. The Morgan fingerprint density at radius 2 is 2.24 bits per heavy atom. The Balaban J connectivity index is 1.88. The Kier molecular flexibility index (Phi) is 5.36. The SMILES string of the molecule is CCC(C)NC(=O)CCNC1C(=O)Nc2ccc(Br)cc21. The van der Waals surface area contributed by atoms with Crippen molar-refractivity contribution in [1.29, 1.82) is 0 Å². The van der Waals surface area contributed by atoms with E-state index in [4.69, 9.17) is 0 Å². The maximum absolute atomic E-state index is 12.0. The lowest BCUT2D eigenvalue weighted by Gasteiger charge is -2.14. The van der Waals surface area contributed by atoms with Crippen LogP contribution >= 0.6 is 15.9 Å². The zero-order valence-corrected chi connectivity index (χ0v) is 13.8. The molecule has 2 rings (SSSR count). The number of hydrogen-bond acceptors (Lipinski definition) is 3. The summed E-state index contributed by atoms with van der Waals surface area (Å²) in [5.74, 6) is -0.0739. The molecule has 1 aliphatic rings. The molecular formula is C15H20BrN3O2. The van der Waals surface area contributed by atoms with Gasteiger partial charge in [0, 0.05) is 34.7 Å². The van der Waals surface area contributed by atoms with Gasteiger partial charge in [-0.2, -0.15) is 0 Å². The molecule has 0 radical (unpaired) electrons. The van der Waals surface area contributed by atoms with E-state index >= 15 is 0 Å². The predicted octanol–water partition coefficient (Wildman–Crippen LogP) is 2.34. The van der Waals surface area contributed by atoms with E-state index in [0.717, 1.165) is 22.1 Å². The van der Waals surface area contributed by atoms with Gasteiger partial charge in [-0.05, 0) is 31.5 Å². The highest BCUT2D eigenvalue weighted by Gasteiger charge is 2.30. The van der Waals surface area contributed by atoms with Crippen molar-refractivity contribution in [3.8, 4) is 0 Å². The average Bonchev–Trinajstić information content (AvgIpc) is 2.74. The van der Waals surface area contributed by atoms with Gasteiger partial charge in [0.15, 0.2) is 0 Å². The van der Waals surface area contributed by atoms with E-state index in [1.807, 2.05) is 32.0 Å². The maximum Gasteiger partial charge on any atom is 0.246 e. The minimum Gasteiger partial charge on any atom is -0.354 e. The van der Waals surface area contributed by atoms with Gasteiger partial charge in [-0.15, -0.1) is 0 Å². The summed E-state index contributed by atoms with van der Waals surface area (Å²) in [6, 6.07) is 5.47. The van der Waals surface area contributed by atoms with Gasteiger partial charge in [-0.1, -0.05) is 22.9 Å². The average molecular weight is 354 g/mol. The molecule has 3 N–H and O–H groups in total. The van der Waals surface area contributed by atoms with Crippen molar-refractivity contribution in [2.45, 2.75) is 38.8 Å². The third-order valence-corrected chi connectivity index (χ3v) is 4.06. The summed E-state index contributed by atoms with van der Waals surface area (Å²) in [5.41, 5.74) is 1.74. The largest absolute Gasteiger partial charge is 0.354 e. The van der Waals surface area contributed by atoms with Crippen molar-refractivity contribution in [2.75, 3.05) is 11.9 Å². The monoisotopic (exact) mass is 353 g/mol. The minimum atomic E-state index is -0.395. The Bertz CT molecular complexity index is 548. The molecule has 0 aromatic heterocycles. The maximum atomic E-state index is 12.0. The smallest absolute Gasteiger partial charge is 0.246 e. The molecule has 2 amide bonds. The van der Waals surface area contributed by atoms with Crippen molar-refractivity contribution in [3.63, 3.8) is 0 Å². The fourth-order valence-electron chi connectivity index (χ4n) is 2.21. The van der Waals surface area contributed by atoms with Gasteiger partial charge in [0.2, 0.25) is 11.8 Å². The molecule has 2 unspecified atom stereocenters. The fraction of sp³-hybridized carbons (Fsp3) is 0.467. The van der Waals surface area contributed by atoms with Crippen LogP contribution in [0, 0.1) is 0 Å². The predicted molar refractivity (Wildman–Crippen MR) is 86.0 cm³/mol. The lowest BCUT2D eigenvalue weighted by molar-refractivity contribution is -0.122. The van der Waals surface area contributed by atoms with Crippen LogP contribution in [0.5, 0.6) is 0 Å². The minimum absolute atomic E-state index is 0.00437. The number of hydrogen-bond donors (Lipinski definition) is 3. The molecule has 0 saturated heterocycles. The highest BCUT2D eigenvalue weighted by molar-refractivity contribution is 9.10. The van der Waals surface area contributed by atoms with Crippen molar-refractivity contribution in [2.24, 2.45) is 0 Å². The quantitative estimate of drug-likeness (QED) is 0.734. The molecule has 21 heavy (non-hydrogen) atoms. The molecule has 114 valence electrons. The molecule has 0 saturated carbocycles. The lowest BCUT2D eigenvalue weighted by Crippen LogP contribution is -2.35. The van der Waals surface area contributed by atoms with Gasteiger partial charge in [-0.3, -0.25) is 9.59 Å². The topological polar surface area (TPSA) is 70.2 Å². The number of halogens is 1. The molecule has 5 nitrogen and oxygen atoms in total. The molecule has 0 spiro atoms. The first-order valence-corrected chi connectivity index (χ1v) is 7.93. The summed E-state index contributed by atoms with van der Waals surface area (Å²) in [6.45, 7) is 4.47. The summed E-state index contributed by atoms with van der Waals surface area (Å²) in [5, 5.41) is 8.88. The van der Waals surface area contributed by atoms with Crippen LogP contribution in [-0.4, -0.2) is 24.4 Å². The van der Waals surface area contributed by atoms with E-state index in [1.54, 1.807) is 0 Å². The van der Waals surface area contributed by atoms with Gasteiger partial charge in [0.25, 0.3) is 0 Å². The van der Waals surface area contributed by atoms with Crippen LogP contribution in [0.15, 0.2) is 22.7 Å². The fourth-order valence-corrected chi connectivity index (χ4v) is 2.59. The van der Waals surface area contributed by atoms with E-state index in [2.05, 4.69) is 31.9 Å². The van der Waals surface area contributed by atoms with E-state index in [0.29, 0.717) is 13.0 Å². The first kappa shape index (κ1) is 16.0. The van der Waals surface area contributed by atoms with Crippen molar-refractivity contribution in [3.05, 3.63) is 28.2 Å². The molecule has 1 aromatic rings. The van der Waals surface area contributed by atoms with Gasteiger partial charge in [0.1, 0.15) is 6.04 Å². The second-order valence-electron chi connectivity index (χ2n) is 5.23. The van der Waals surface area contributed by atoms with E-state index in [-0.39, 0.29) is 17.9 Å². The third kappa shape index (κ3) is 4.04. The molecule has 0 bridgehead atoms. The Morgan fingerprint density at radius 1 is 1.48 bits per heavy atom. The van der Waals surface area contributed by atoms with Crippen LogP contribution in [-0.2, 0) is 9.59 Å². The summed E-state index contributed by atoms with van der Waals surface area (Å²) < 4.78 is 0.930. The van der Waals surface area contributed by atoms with Gasteiger partial charge in [-0.25, -0.2) is 0 Å². The highest BCUT2D eigenvalue weighted by Crippen LogP contribution is 2.32.